The molecule has 30 heavy (non-hydrogen) atoms. The van der Waals surface area contributed by atoms with E-state index in [1.54, 1.807) is 0 Å². The van der Waals surface area contributed by atoms with Gasteiger partial charge in [-0.15, -0.1) is 0 Å². The van der Waals surface area contributed by atoms with Crippen LogP contribution in [0, 0.1) is 0 Å². The number of aryl methyl sites for hydroxylation is 2. The Labute approximate surface area is 182 Å². The van der Waals surface area contributed by atoms with Gasteiger partial charge in [0.1, 0.15) is 11.5 Å². The van der Waals surface area contributed by atoms with E-state index < -0.39 is 0 Å². The monoisotopic (exact) mass is 406 g/mol. The summed E-state index contributed by atoms with van der Waals surface area (Å²) in [6.07, 6.45) is 9.86. The average Bonchev–Trinajstić information content (AvgIpc) is 2.76. The Kier molecular flexibility index (Phi) is 8.42. The third-order valence-electron chi connectivity index (χ3n) is 5.92. The summed E-state index contributed by atoms with van der Waals surface area (Å²) in [5.41, 5.74) is 2.98. The zero-order chi connectivity index (χ0) is 21.3. The van der Waals surface area contributed by atoms with Crippen LogP contribution in [0.25, 0.3) is 21.5 Å². The van der Waals surface area contributed by atoms with Gasteiger partial charge < -0.3 is 9.47 Å². The van der Waals surface area contributed by atoms with Gasteiger partial charge in [0, 0.05) is 21.5 Å². The van der Waals surface area contributed by atoms with Gasteiger partial charge in [-0.2, -0.15) is 0 Å². The van der Waals surface area contributed by atoms with Crippen molar-refractivity contribution in [3.63, 3.8) is 0 Å². The molecular formula is C28H38O2. The molecule has 3 rings (SSSR count). The quantitative estimate of drug-likeness (QED) is 0.223. The number of hydrogen-bond donors (Lipinski definition) is 0. The number of benzene rings is 3. The van der Waals surface area contributed by atoms with Gasteiger partial charge in [0.15, 0.2) is 0 Å². The van der Waals surface area contributed by atoms with Gasteiger partial charge >= 0.3 is 0 Å². The smallest absolute Gasteiger partial charge is 0.135 e. The van der Waals surface area contributed by atoms with Crippen LogP contribution in [0.15, 0.2) is 36.4 Å². The Morgan fingerprint density at radius 3 is 1.37 bits per heavy atom. The highest BCUT2D eigenvalue weighted by molar-refractivity contribution is 6.11. The van der Waals surface area contributed by atoms with Gasteiger partial charge in [-0.25, -0.2) is 0 Å². The molecule has 2 heteroatoms. The number of rotatable bonds is 12. The zero-order valence-corrected chi connectivity index (χ0v) is 19.4. The normalized spacial score (nSPS) is 11.3. The summed E-state index contributed by atoms with van der Waals surface area (Å²) in [7, 11) is 0. The number of ether oxygens (including phenoxy) is 2. The van der Waals surface area contributed by atoms with Gasteiger partial charge in [-0.05, 0) is 62.8 Å². The van der Waals surface area contributed by atoms with Crippen molar-refractivity contribution in [2.75, 3.05) is 13.2 Å². The highest BCUT2D eigenvalue weighted by Gasteiger charge is 2.18. The van der Waals surface area contributed by atoms with E-state index in [0.29, 0.717) is 13.2 Å². The van der Waals surface area contributed by atoms with E-state index in [1.807, 2.05) is 0 Å². The minimum atomic E-state index is 0.663. The Morgan fingerprint density at radius 1 is 0.567 bits per heavy atom. The fourth-order valence-electron chi connectivity index (χ4n) is 4.43. The first kappa shape index (κ1) is 22.5. The summed E-state index contributed by atoms with van der Waals surface area (Å²) in [5.74, 6) is 2.01. The summed E-state index contributed by atoms with van der Waals surface area (Å²) in [4.78, 5) is 0. The minimum absolute atomic E-state index is 0.663. The molecule has 0 heterocycles. The van der Waals surface area contributed by atoms with Crippen LogP contribution in [0.1, 0.15) is 77.3 Å². The van der Waals surface area contributed by atoms with Gasteiger partial charge in [0.2, 0.25) is 0 Å². The highest BCUT2D eigenvalue weighted by Crippen LogP contribution is 2.44. The van der Waals surface area contributed by atoms with Crippen molar-refractivity contribution in [1.29, 1.82) is 0 Å². The highest BCUT2D eigenvalue weighted by atomic mass is 16.5. The summed E-state index contributed by atoms with van der Waals surface area (Å²) >= 11 is 0. The molecule has 2 nitrogen and oxygen atoms in total. The maximum atomic E-state index is 6.23. The van der Waals surface area contributed by atoms with Crippen molar-refractivity contribution in [3.8, 4) is 11.5 Å². The number of hydrogen-bond acceptors (Lipinski definition) is 2. The molecule has 0 atom stereocenters. The standard InChI is InChI=1S/C28H38O2/c1-5-9-11-15-21-19-25-26(20-22(21)16-12-10-6-2)28(30-8-4)24-18-14-13-17-23(24)27(25)29-7-3/h13-14,17-20H,5-12,15-16H2,1-4H3. The predicted molar refractivity (Wildman–Crippen MR) is 130 cm³/mol. The van der Waals surface area contributed by atoms with Crippen LogP contribution < -0.4 is 9.47 Å². The molecule has 0 aliphatic carbocycles. The van der Waals surface area contributed by atoms with E-state index in [4.69, 9.17) is 9.47 Å². The summed E-state index contributed by atoms with van der Waals surface area (Å²) in [6.45, 7) is 10.0. The maximum absolute atomic E-state index is 6.23. The van der Waals surface area contributed by atoms with Crippen molar-refractivity contribution in [1.82, 2.24) is 0 Å². The largest absolute Gasteiger partial charge is 0.493 e. The molecule has 0 amide bonds. The van der Waals surface area contributed by atoms with Gasteiger partial charge in [-0.3, -0.25) is 0 Å². The molecule has 0 radical (unpaired) electrons. The molecule has 162 valence electrons. The Bertz CT molecular complexity index is 880. The van der Waals surface area contributed by atoms with Crippen LogP contribution in [0.4, 0.5) is 0 Å². The Balaban J connectivity index is 2.25. The molecule has 0 saturated carbocycles. The second kappa shape index (κ2) is 11.2. The molecule has 0 unspecified atom stereocenters. The van der Waals surface area contributed by atoms with Crippen molar-refractivity contribution in [3.05, 3.63) is 47.5 Å². The van der Waals surface area contributed by atoms with Crippen LogP contribution in [0.2, 0.25) is 0 Å². The molecule has 0 fully saturated rings. The molecule has 0 bridgehead atoms. The number of fused-ring (bicyclic) bond motifs is 2. The van der Waals surface area contributed by atoms with Crippen LogP contribution in [0.3, 0.4) is 0 Å². The molecule has 0 aromatic heterocycles. The average molecular weight is 407 g/mol. The van der Waals surface area contributed by atoms with Crippen molar-refractivity contribution >= 4 is 21.5 Å². The topological polar surface area (TPSA) is 18.5 Å². The van der Waals surface area contributed by atoms with Gasteiger partial charge in [-0.1, -0.05) is 63.8 Å². The van der Waals surface area contributed by atoms with Crippen molar-refractivity contribution in [2.45, 2.75) is 79.1 Å². The molecule has 0 aliphatic heterocycles. The first-order chi connectivity index (χ1) is 14.7. The third kappa shape index (κ3) is 4.91. The van der Waals surface area contributed by atoms with E-state index in [2.05, 4.69) is 64.1 Å². The van der Waals surface area contributed by atoms with Crippen LogP contribution in [-0.4, -0.2) is 13.2 Å². The van der Waals surface area contributed by atoms with Crippen LogP contribution in [-0.2, 0) is 12.8 Å². The van der Waals surface area contributed by atoms with Crippen molar-refractivity contribution in [2.24, 2.45) is 0 Å². The molecule has 3 aromatic rings. The van der Waals surface area contributed by atoms with Gasteiger partial charge in [0.25, 0.3) is 0 Å². The van der Waals surface area contributed by atoms with E-state index in [9.17, 15) is 0 Å². The molecular weight excluding hydrogens is 368 g/mol. The first-order valence-corrected chi connectivity index (χ1v) is 12.0. The lowest BCUT2D eigenvalue weighted by atomic mass is 9.91. The van der Waals surface area contributed by atoms with Crippen LogP contribution in [0.5, 0.6) is 11.5 Å². The summed E-state index contributed by atoms with van der Waals surface area (Å²) < 4.78 is 12.5. The fourth-order valence-corrected chi connectivity index (χ4v) is 4.43. The lowest BCUT2D eigenvalue weighted by molar-refractivity contribution is 0.342. The maximum Gasteiger partial charge on any atom is 0.135 e. The SMILES string of the molecule is CCCCCc1cc2c(OCC)c3ccccc3c(OCC)c2cc1CCCCC. The summed E-state index contributed by atoms with van der Waals surface area (Å²) in [5, 5.41) is 4.69. The zero-order valence-electron chi connectivity index (χ0n) is 19.4. The molecule has 0 saturated heterocycles. The molecule has 0 N–H and O–H groups in total. The van der Waals surface area contributed by atoms with E-state index >= 15 is 0 Å². The lowest BCUT2D eigenvalue weighted by Crippen LogP contribution is -2.02. The fraction of sp³-hybridized carbons (Fsp3) is 0.500. The molecule has 0 aliphatic rings. The molecule has 3 aromatic carbocycles. The van der Waals surface area contributed by atoms with E-state index in [1.165, 1.54) is 60.4 Å². The van der Waals surface area contributed by atoms with E-state index in [-0.39, 0.29) is 0 Å². The van der Waals surface area contributed by atoms with Gasteiger partial charge in [0.05, 0.1) is 13.2 Å². The predicted octanol–water partition coefficient (Wildman–Crippen LogP) is 8.26. The minimum Gasteiger partial charge on any atom is -0.493 e. The Morgan fingerprint density at radius 2 is 1.00 bits per heavy atom. The molecule has 0 spiro atoms. The second-order valence-corrected chi connectivity index (χ2v) is 8.15. The Hall–Kier alpha value is -2.22. The third-order valence-corrected chi connectivity index (χ3v) is 5.92. The lowest BCUT2D eigenvalue weighted by Gasteiger charge is -2.20. The number of unbranched alkanes of at least 4 members (excludes halogenated alkanes) is 4. The first-order valence-electron chi connectivity index (χ1n) is 12.0. The second-order valence-electron chi connectivity index (χ2n) is 8.15. The van der Waals surface area contributed by atoms with Crippen molar-refractivity contribution < 1.29 is 9.47 Å². The van der Waals surface area contributed by atoms with Crippen LogP contribution >= 0.6 is 0 Å². The summed E-state index contributed by atoms with van der Waals surface area (Å²) in [6, 6.07) is 13.3. The van der Waals surface area contributed by atoms with E-state index in [0.717, 1.165) is 35.1 Å².